The largest absolute Gasteiger partial charge is 0.294 e. The number of rotatable bonds is 3. The fourth-order valence-electron chi connectivity index (χ4n) is 1.78. The molecule has 1 saturated carbocycles. The molecule has 0 aliphatic heterocycles. The predicted octanol–water partition coefficient (Wildman–Crippen LogP) is 4.43. The predicted molar refractivity (Wildman–Crippen MR) is 73.1 cm³/mol. The summed E-state index contributed by atoms with van der Waals surface area (Å²) in [6, 6.07) is 5.92. The maximum absolute atomic E-state index is 12.0. The standard InChI is InChI=1S/C12H12BrIO/c13-11-5-4-9(14)7-10(11)12(15)6-8-2-1-3-8/h4-5,7-8H,1-3,6H2. The Morgan fingerprint density at radius 3 is 2.80 bits per heavy atom. The Morgan fingerprint density at radius 1 is 1.47 bits per heavy atom. The molecule has 0 radical (unpaired) electrons. The van der Waals surface area contributed by atoms with Gasteiger partial charge in [0.25, 0.3) is 0 Å². The van der Waals surface area contributed by atoms with E-state index in [0.717, 1.165) is 20.0 Å². The lowest BCUT2D eigenvalue weighted by Crippen LogP contribution is -2.16. The summed E-state index contributed by atoms with van der Waals surface area (Å²) >= 11 is 5.68. The van der Waals surface area contributed by atoms with Crippen molar-refractivity contribution in [3.63, 3.8) is 0 Å². The van der Waals surface area contributed by atoms with Crippen LogP contribution in [-0.4, -0.2) is 5.78 Å². The van der Waals surface area contributed by atoms with Crippen LogP contribution in [0.1, 0.15) is 36.0 Å². The van der Waals surface area contributed by atoms with Crippen LogP contribution in [0.4, 0.5) is 0 Å². The summed E-state index contributed by atoms with van der Waals surface area (Å²) in [5.41, 5.74) is 0.841. The average Bonchev–Trinajstić information content (AvgIpc) is 2.15. The van der Waals surface area contributed by atoms with Crippen LogP contribution in [0.3, 0.4) is 0 Å². The van der Waals surface area contributed by atoms with Gasteiger partial charge in [0.15, 0.2) is 5.78 Å². The van der Waals surface area contributed by atoms with Crippen molar-refractivity contribution in [2.45, 2.75) is 25.7 Å². The molecule has 0 atom stereocenters. The van der Waals surface area contributed by atoms with Gasteiger partial charge in [0, 0.05) is 20.0 Å². The zero-order valence-corrected chi connectivity index (χ0v) is 12.0. The average molecular weight is 379 g/mol. The Morgan fingerprint density at radius 2 is 2.20 bits per heavy atom. The third-order valence-electron chi connectivity index (χ3n) is 2.93. The van der Waals surface area contributed by atoms with Gasteiger partial charge in [-0.25, -0.2) is 0 Å². The normalized spacial score (nSPS) is 16.1. The maximum Gasteiger partial charge on any atom is 0.164 e. The fourth-order valence-corrected chi connectivity index (χ4v) is 2.74. The van der Waals surface area contributed by atoms with E-state index in [1.807, 2.05) is 18.2 Å². The summed E-state index contributed by atoms with van der Waals surface area (Å²) in [4.78, 5) is 12.0. The molecule has 3 heteroatoms. The zero-order chi connectivity index (χ0) is 10.8. The quantitative estimate of drug-likeness (QED) is 0.561. The van der Waals surface area contributed by atoms with E-state index in [2.05, 4.69) is 38.5 Å². The second-order valence-electron chi connectivity index (χ2n) is 4.05. The van der Waals surface area contributed by atoms with Crippen LogP contribution < -0.4 is 0 Å². The van der Waals surface area contributed by atoms with Gasteiger partial charge >= 0.3 is 0 Å². The molecule has 0 aromatic heterocycles. The number of hydrogen-bond acceptors (Lipinski definition) is 1. The second-order valence-corrected chi connectivity index (χ2v) is 6.15. The molecular weight excluding hydrogens is 367 g/mol. The van der Waals surface area contributed by atoms with Crippen LogP contribution in [-0.2, 0) is 0 Å². The molecule has 15 heavy (non-hydrogen) atoms. The number of ketones is 1. The van der Waals surface area contributed by atoms with Crippen LogP contribution in [0.15, 0.2) is 22.7 Å². The van der Waals surface area contributed by atoms with E-state index in [4.69, 9.17) is 0 Å². The van der Waals surface area contributed by atoms with E-state index in [0.29, 0.717) is 5.92 Å². The highest BCUT2D eigenvalue weighted by atomic mass is 127. The smallest absolute Gasteiger partial charge is 0.164 e. The first kappa shape index (κ1) is 11.6. The minimum Gasteiger partial charge on any atom is -0.294 e. The summed E-state index contributed by atoms with van der Waals surface area (Å²) in [7, 11) is 0. The fraction of sp³-hybridized carbons (Fsp3) is 0.417. The van der Waals surface area contributed by atoms with Crippen molar-refractivity contribution < 1.29 is 4.79 Å². The first-order valence-electron chi connectivity index (χ1n) is 5.15. The molecule has 0 spiro atoms. The van der Waals surface area contributed by atoms with E-state index < -0.39 is 0 Å². The number of benzene rings is 1. The van der Waals surface area contributed by atoms with E-state index in [9.17, 15) is 4.79 Å². The third kappa shape index (κ3) is 2.81. The van der Waals surface area contributed by atoms with Crippen molar-refractivity contribution in [1.29, 1.82) is 0 Å². The lowest BCUT2D eigenvalue weighted by Gasteiger charge is -2.24. The molecule has 1 fully saturated rings. The first-order valence-corrected chi connectivity index (χ1v) is 7.02. The van der Waals surface area contributed by atoms with Gasteiger partial charge in [-0.3, -0.25) is 4.79 Å². The van der Waals surface area contributed by atoms with Gasteiger partial charge in [0.05, 0.1) is 0 Å². The Kier molecular flexibility index (Phi) is 3.83. The third-order valence-corrected chi connectivity index (χ3v) is 4.29. The van der Waals surface area contributed by atoms with Crippen molar-refractivity contribution in [3.05, 3.63) is 31.8 Å². The number of halogens is 2. The Bertz CT molecular complexity index is 385. The van der Waals surface area contributed by atoms with Crippen molar-refractivity contribution in [2.24, 2.45) is 5.92 Å². The van der Waals surface area contributed by atoms with Gasteiger partial charge in [-0.2, -0.15) is 0 Å². The summed E-state index contributed by atoms with van der Waals surface area (Å²) in [6.45, 7) is 0. The van der Waals surface area contributed by atoms with Gasteiger partial charge in [-0.1, -0.05) is 35.2 Å². The number of carbonyl (C=O) groups is 1. The Balaban J connectivity index is 2.12. The molecule has 0 unspecified atom stereocenters. The highest BCUT2D eigenvalue weighted by Crippen LogP contribution is 2.31. The van der Waals surface area contributed by atoms with Gasteiger partial charge < -0.3 is 0 Å². The van der Waals surface area contributed by atoms with Crippen LogP contribution in [0.25, 0.3) is 0 Å². The minimum atomic E-state index is 0.282. The molecular formula is C12H12BrIO. The molecule has 1 nitrogen and oxygen atoms in total. The van der Waals surface area contributed by atoms with Crippen molar-refractivity contribution in [2.75, 3.05) is 0 Å². The monoisotopic (exact) mass is 378 g/mol. The van der Waals surface area contributed by atoms with Crippen LogP contribution in [0.5, 0.6) is 0 Å². The van der Waals surface area contributed by atoms with E-state index in [1.165, 1.54) is 19.3 Å². The topological polar surface area (TPSA) is 17.1 Å². The molecule has 0 saturated heterocycles. The maximum atomic E-state index is 12.0. The lowest BCUT2D eigenvalue weighted by atomic mass is 9.81. The molecule has 0 amide bonds. The molecule has 0 bridgehead atoms. The van der Waals surface area contributed by atoms with E-state index in [-0.39, 0.29) is 5.78 Å². The van der Waals surface area contributed by atoms with E-state index >= 15 is 0 Å². The second kappa shape index (κ2) is 4.95. The molecule has 1 aliphatic rings. The Hall–Kier alpha value is 0.1000. The molecule has 1 aromatic rings. The Labute approximate surface area is 112 Å². The van der Waals surface area contributed by atoms with Gasteiger partial charge in [0.1, 0.15) is 0 Å². The van der Waals surface area contributed by atoms with E-state index in [1.54, 1.807) is 0 Å². The van der Waals surface area contributed by atoms with Crippen LogP contribution in [0, 0.1) is 9.49 Å². The zero-order valence-electron chi connectivity index (χ0n) is 8.30. The highest BCUT2D eigenvalue weighted by Gasteiger charge is 2.22. The summed E-state index contributed by atoms with van der Waals surface area (Å²) < 4.78 is 2.04. The van der Waals surface area contributed by atoms with Gasteiger partial charge in [-0.15, -0.1) is 0 Å². The minimum absolute atomic E-state index is 0.282. The lowest BCUT2D eigenvalue weighted by molar-refractivity contribution is 0.0935. The molecule has 1 aliphatic carbocycles. The number of carbonyl (C=O) groups excluding carboxylic acids is 1. The highest BCUT2D eigenvalue weighted by molar-refractivity contribution is 14.1. The summed E-state index contributed by atoms with van der Waals surface area (Å²) in [6.07, 6.45) is 4.48. The molecule has 0 N–H and O–H groups in total. The number of Topliss-reactive ketones (excluding diaryl/α,β-unsaturated/α-hetero) is 1. The van der Waals surface area contributed by atoms with Gasteiger partial charge in [0.2, 0.25) is 0 Å². The molecule has 1 aromatic carbocycles. The summed E-state index contributed by atoms with van der Waals surface area (Å²) in [5.74, 6) is 0.923. The SMILES string of the molecule is O=C(CC1CCC1)c1cc(I)ccc1Br. The first-order chi connectivity index (χ1) is 7.16. The van der Waals surface area contributed by atoms with Crippen LogP contribution >= 0.6 is 38.5 Å². The van der Waals surface area contributed by atoms with Crippen molar-refractivity contribution in [3.8, 4) is 0 Å². The van der Waals surface area contributed by atoms with Crippen molar-refractivity contribution >= 4 is 44.3 Å². The molecule has 2 rings (SSSR count). The molecule has 0 heterocycles. The number of hydrogen-bond donors (Lipinski definition) is 0. The molecule has 80 valence electrons. The van der Waals surface area contributed by atoms with Gasteiger partial charge in [-0.05, 0) is 46.7 Å². The summed E-state index contributed by atoms with van der Waals surface area (Å²) in [5, 5.41) is 0. The van der Waals surface area contributed by atoms with Crippen LogP contribution in [0.2, 0.25) is 0 Å². The van der Waals surface area contributed by atoms with Crippen molar-refractivity contribution in [1.82, 2.24) is 0 Å².